The van der Waals surface area contributed by atoms with E-state index in [2.05, 4.69) is 15.3 Å². The first-order chi connectivity index (χ1) is 19.6. The van der Waals surface area contributed by atoms with Gasteiger partial charge in [0.25, 0.3) is 5.91 Å². The van der Waals surface area contributed by atoms with Crippen molar-refractivity contribution in [3.05, 3.63) is 71.7 Å². The van der Waals surface area contributed by atoms with E-state index < -0.39 is 23.5 Å². The number of rotatable bonds is 4. The number of nitrogens with zero attached hydrogens (tertiary/aromatic N) is 5. The van der Waals surface area contributed by atoms with Crippen molar-refractivity contribution in [1.29, 1.82) is 0 Å². The number of imidazole rings is 1. The van der Waals surface area contributed by atoms with Gasteiger partial charge in [-0.25, -0.2) is 19.3 Å². The van der Waals surface area contributed by atoms with Gasteiger partial charge in [0, 0.05) is 54.6 Å². The Morgan fingerprint density at radius 3 is 2.68 bits per heavy atom. The molecule has 2 saturated heterocycles. The molecule has 0 radical (unpaired) electrons. The van der Waals surface area contributed by atoms with Gasteiger partial charge in [0.1, 0.15) is 34.5 Å². The van der Waals surface area contributed by atoms with Gasteiger partial charge in [-0.15, -0.1) is 0 Å². The maximum atomic E-state index is 15.5. The number of nitrogens with two attached hydrogens (primary N) is 1. The van der Waals surface area contributed by atoms with Crippen LogP contribution in [-0.2, 0) is 11.0 Å². The number of carbonyl (C=O) groups is 2. The summed E-state index contributed by atoms with van der Waals surface area (Å²) in [7, 11) is 0. The molecule has 4 aromatic rings. The lowest BCUT2D eigenvalue weighted by Crippen LogP contribution is -2.48. The second kappa shape index (κ2) is 10.1. The molecule has 3 aromatic heterocycles. The van der Waals surface area contributed by atoms with Gasteiger partial charge in [-0.3, -0.25) is 14.0 Å². The fourth-order valence-electron chi connectivity index (χ4n) is 5.75. The number of halogens is 4. The van der Waals surface area contributed by atoms with Crippen LogP contribution in [0.1, 0.15) is 59.8 Å². The van der Waals surface area contributed by atoms with Gasteiger partial charge < -0.3 is 16.0 Å². The molecular weight excluding hydrogens is 542 g/mol. The summed E-state index contributed by atoms with van der Waals surface area (Å²) in [4.78, 5) is 39.9. The average Bonchev–Trinajstić information content (AvgIpc) is 3.33. The van der Waals surface area contributed by atoms with Crippen molar-refractivity contribution in [1.82, 2.24) is 24.3 Å². The van der Waals surface area contributed by atoms with Crippen molar-refractivity contribution >= 4 is 29.0 Å². The Kier molecular flexibility index (Phi) is 6.59. The highest BCUT2D eigenvalue weighted by molar-refractivity contribution is 6.04. The van der Waals surface area contributed by atoms with E-state index in [4.69, 9.17) is 10.7 Å². The number of hydrogen-bond donors (Lipinski definition) is 2. The van der Waals surface area contributed by atoms with Crippen LogP contribution in [0, 0.1) is 5.82 Å². The number of aromatic nitrogens is 4. The van der Waals surface area contributed by atoms with Gasteiger partial charge in [-0.1, -0.05) is 0 Å². The number of fused-ring (bicyclic) bond motifs is 2. The van der Waals surface area contributed by atoms with Crippen LogP contribution < -0.4 is 11.1 Å². The molecule has 2 fully saturated rings. The number of hydrogen-bond acceptors (Lipinski definition) is 6. The highest BCUT2D eigenvalue weighted by Crippen LogP contribution is 2.38. The van der Waals surface area contributed by atoms with Crippen LogP contribution in [0.4, 0.5) is 29.2 Å². The van der Waals surface area contributed by atoms with Crippen LogP contribution in [0.3, 0.4) is 0 Å². The number of anilines is 2. The van der Waals surface area contributed by atoms with E-state index in [0.29, 0.717) is 30.4 Å². The lowest BCUT2D eigenvalue weighted by Gasteiger charge is -2.42. The third-order valence-corrected chi connectivity index (χ3v) is 7.75. The summed E-state index contributed by atoms with van der Waals surface area (Å²) < 4.78 is 56.3. The fraction of sp³-hybridized carbons (Fsp3) is 0.321. The van der Waals surface area contributed by atoms with Gasteiger partial charge in [0.2, 0.25) is 5.91 Å². The van der Waals surface area contributed by atoms with Crippen molar-refractivity contribution in [2.45, 2.75) is 50.2 Å². The molecule has 9 nitrogen and oxygen atoms in total. The highest BCUT2D eigenvalue weighted by atomic mass is 19.4. The van der Waals surface area contributed by atoms with Crippen LogP contribution in [0.15, 0.2) is 48.9 Å². The Hall–Kier alpha value is -4.55. The molecule has 1 aromatic carbocycles. The van der Waals surface area contributed by atoms with E-state index in [-0.39, 0.29) is 46.3 Å². The Bertz CT molecular complexity index is 1670. The van der Waals surface area contributed by atoms with Crippen molar-refractivity contribution < 1.29 is 27.2 Å². The average molecular weight is 568 g/mol. The zero-order valence-electron chi connectivity index (χ0n) is 21.7. The first kappa shape index (κ1) is 26.7. The van der Waals surface area contributed by atoms with Crippen LogP contribution in [0.2, 0.25) is 0 Å². The van der Waals surface area contributed by atoms with Gasteiger partial charge in [-0.05, 0) is 56.0 Å². The second-order valence-corrected chi connectivity index (χ2v) is 10.3. The number of alkyl halides is 3. The van der Waals surface area contributed by atoms with E-state index in [1.54, 1.807) is 10.6 Å². The number of piperidine rings is 2. The molecule has 0 bridgehead atoms. The van der Waals surface area contributed by atoms with Crippen molar-refractivity contribution in [2.24, 2.45) is 0 Å². The molecule has 0 aliphatic carbocycles. The van der Waals surface area contributed by atoms with Gasteiger partial charge in [-0.2, -0.15) is 13.2 Å². The maximum Gasteiger partial charge on any atom is 0.416 e. The predicted molar refractivity (Wildman–Crippen MR) is 141 cm³/mol. The summed E-state index contributed by atoms with van der Waals surface area (Å²) in [5, 5.41) is 2.27. The van der Waals surface area contributed by atoms with E-state index in [1.165, 1.54) is 18.3 Å². The first-order valence-electron chi connectivity index (χ1n) is 13.2. The number of pyridine rings is 1. The molecule has 0 saturated carbocycles. The predicted octanol–water partition coefficient (Wildman–Crippen LogP) is 5.04. The molecule has 2 amide bonds. The summed E-state index contributed by atoms with van der Waals surface area (Å²) in [6.45, 7) is 0.509. The number of nitrogens with one attached hydrogen (secondary N) is 1. The van der Waals surface area contributed by atoms with E-state index >= 15 is 4.39 Å². The second-order valence-electron chi connectivity index (χ2n) is 10.3. The standard InChI is InChI=1S/C28H25F4N7O2/c29-20-12-15(27(41)36-21-13-17(8-9-34-21)28(30,31)32)5-7-19(20)23-24-25(33)35-10-11-38(24)26(37-23)16-4-6-18-2-1-3-22(40)39(18)14-16/h5,7-13,16,18H,1-4,6,14H2,(H2,33,35)(H,34,36,41)/t16-,18-/m1/s1. The quantitative estimate of drug-likeness (QED) is 0.334. The van der Waals surface area contributed by atoms with Gasteiger partial charge in [0.15, 0.2) is 0 Å². The largest absolute Gasteiger partial charge is 0.416 e. The summed E-state index contributed by atoms with van der Waals surface area (Å²) >= 11 is 0. The molecule has 212 valence electrons. The molecule has 2 atom stereocenters. The Morgan fingerprint density at radius 1 is 1.07 bits per heavy atom. The summed E-state index contributed by atoms with van der Waals surface area (Å²) in [5.74, 6) is -1.11. The third-order valence-electron chi connectivity index (χ3n) is 7.75. The number of benzene rings is 1. The van der Waals surface area contributed by atoms with E-state index in [0.717, 1.165) is 44.0 Å². The molecule has 3 N–H and O–H groups in total. The molecule has 2 aliphatic rings. The van der Waals surface area contributed by atoms with Crippen molar-refractivity contribution in [3.63, 3.8) is 0 Å². The minimum Gasteiger partial charge on any atom is -0.382 e. The van der Waals surface area contributed by atoms with Crippen LogP contribution in [-0.4, -0.2) is 48.7 Å². The molecule has 0 unspecified atom stereocenters. The van der Waals surface area contributed by atoms with Crippen LogP contribution >= 0.6 is 0 Å². The lowest BCUT2D eigenvalue weighted by atomic mass is 9.87. The number of nitrogen functional groups attached to an aromatic ring is 1. The highest BCUT2D eigenvalue weighted by Gasteiger charge is 2.37. The summed E-state index contributed by atoms with van der Waals surface area (Å²) in [6, 6.07) is 5.40. The summed E-state index contributed by atoms with van der Waals surface area (Å²) in [6.07, 6.45) is 3.61. The maximum absolute atomic E-state index is 15.5. The van der Waals surface area contributed by atoms with Crippen molar-refractivity contribution in [2.75, 3.05) is 17.6 Å². The van der Waals surface area contributed by atoms with E-state index in [1.807, 2.05) is 4.90 Å². The van der Waals surface area contributed by atoms with Gasteiger partial charge in [0.05, 0.1) is 5.56 Å². The number of carbonyl (C=O) groups excluding carboxylic acids is 2. The minimum atomic E-state index is -4.61. The molecule has 13 heteroatoms. The topological polar surface area (TPSA) is 119 Å². The Labute approximate surface area is 231 Å². The fourth-order valence-corrected chi connectivity index (χ4v) is 5.75. The zero-order valence-corrected chi connectivity index (χ0v) is 21.7. The summed E-state index contributed by atoms with van der Waals surface area (Å²) in [5.41, 5.74) is 5.83. The van der Waals surface area contributed by atoms with Crippen LogP contribution in [0.25, 0.3) is 16.8 Å². The van der Waals surface area contributed by atoms with Gasteiger partial charge >= 0.3 is 6.18 Å². The SMILES string of the molecule is Nc1nccn2c([C@@H]3CC[C@H]4CCCC(=O)N4C3)nc(-c3ccc(C(=O)Nc4cc(C(F)(F)F)ccn4)cc3F)c12. The molecular formula is C28H25F4N7O2. The normalized spacial score (nSPS) is 19.3. The molecule has 2 aliphatic heterocycles. The van der Waals surface area contributed by atoms with Crippen molar-refractivity contribution in [3.8, 4) is 11.3 Å². The monoisotopic (exact) mass is 567 g/mol. The Morgan fingerprint density at radius 2 is 1.90 bits per heavy atom. The lowest BCUT2D eigenvalue weighted by molar-refractivity contribution is -0.138. The number of amides is 2. The Balaban J connectivity index is 1.31. The molecule has 0 spiro atoms. The zero-order chi connectivity index (χ0) is 28.9. The molecule has 41 heavy (non-hydrogen) atoms. The first-order valence-corrected chi connectivity index (χ1v) is 13.2. The van der Waals surface area contributed by atoms with E-state index in [9.17, 15) is 22.8 Å². The third kappa shape index (κ3) is 4.96. The molecule has 5 heterocycles. The van der Waals surface area contributed by atoms with Crippen LogP contribution in [0.5, 0.6) is 0 Å². The molecule has 6 rings (SSSR count). The smallest absolute Gasteiger partial charge is 0.382 e. The minimum absolute atomic E-state index is 0.0740.